The summed E-state index contributed by atoms with van der Waals surface area (Å²) in [6.07, 6.45) is 1.90. The van der Waals surface area contributed by atoms with Crippen LogP contribution < -0.4 is 5.32 Å². The molecular formula is C20H27NO3S. The molecule has 0 spiro atoms. The average molecular weight is 362 g/mol. The van der Waals surface area contributed by atoms with E-state index in [2.05, 4.69) is 31.3 Å². The van der Waals surface area contributed by atoms with Gasteiger partial charge in [0.05, 0.1) is 11.5 Å². The molecule has 0 saturated carbocycles. The molecule has 4 nitrogen and oxygen atoms in total. The Hall–Kier alpha value is -1.69. The molecule has 0 aromatic heterocycles. The van der Waals surface area contributed by atoms with Gasteiger partial charge in [-0.2, -0.15) is 0 Å². The number of aliphatic hydroxyl groups excluding tert-OH is 1. The molecule has 0 fully saturated rings. The molecule has 5 heteroatoms. The van der Waals surface area contributed by atoms with Crippen LogP contribution in [-0.2, 0) is 21.7 Å². The van der Waals surface area contributed by atoms with E-state index in [0.29, 0.717) is 17.9 Å². The first-order valence-electron chi connectivity index (χ1n) is 8.44. The van der Waals surface area contributed by atoms with Crippen LogP contribution in [0.4, 0.5) is 0 Å². The predicted molar refractivity (Wildman–Crippen MR) is 102 cm³/mol. The molecule has 0 saturated heterocycles. The Kier molecular flexibility index (Phi) is 6.38. The molecule has 0 radical (unpaired) electrons. The van der Waals surface area contributed by atoms with Gasteiger partial charge in [-0.1, -0.05) is 56.3 Å². The van der Waals surface area contributed by atoms with Crippen LogP contribution in [0.15, 0.2) is 59.5 Å². The smallest absolute Gasteiger partial charge is 0.175 e. The topological polar surface area (TPSA) is 66.4 Å². The second-order valence-electron chi connectivity index (χ2n) is 6.94. The molecule has 25 heavy (non-hydrogen) atoms. The van der Waals surface area contributed by atoms with E-state index in [1.807, 2.05) is 24.3 Å². The summed E-state index contributed by atoms with van der Waals surface area (Å²) < 4.78 is 23.6. The van der Waals surface area contributed by atoms with Crippen molar-refractivity contribution in [1.29, 1.82) is 0 Å². The lowest BCUT2D eigenvalue weighted by atomic mass is 9.75. The zero-order valence-corrected chi connectivity index (χ0v) is 15.9. The highest BCUT2D eigenvalue weighted by Gasteiger charge is 2.31. The van der Waals surface area contributed by atoms with Crippen molar-refractivity contribution in [2.24, 2.45) is 0 Å². The van der Waals surface area contributed by atoms with Gasteiger partial charge >= 0.3 is 0 Å². The molecule has 0 aliphatic carbocycles. The van der Waals surface area contributed by atoms with Crippen molar-refractivity contribution in [3.8, 4) is 0 Å². The Morgan fingerprint density at radius 3 is 2.36 bits per heavy atom. The number of aliphatic hydroxyl groups is 1. The van der Waals surface area contributed by atoms with Crippen molar-refractivity contribution in [1.82, 2.24) is 5.32 Å². The molecule has 0 aliphatic rings. The maximum atomic E-state index is 11.8. The molecule has 2 rings (SSSR count). The van der Waals surface area contributed by atoms with Gasteiger partial charge in [0.25, 0.3) is 0 Å². The van der Waals surface area contributed by atoms with Crippen molar-refractivity contribution in [2.45, 2.75) is 36.6 Å². The third-order valence-electron chi connectivity index (χ3n) is 4.66. The van der Waals surface area contributed by atoms with Crippen LogP contribution in [0.1, 0.15) is 25.0 Å². The summed E-state index contributed by atoms with van der Waals surface area (Å²) >= 11 is 0. The first-order chi connectivity index (χ1) is 11.7. The van der Waals surface area contributed by atoms with E-state index in [9.17, 15) is 13.5 Å². The number of hydrogen-bond donors (Lipinski definition) is 2. The number of rotatable bonds is 8. The lowest BCUT2D eigenvalue weighted by Crippen LogP contribution is -2.47. The largest absolute Gasteiger partial charge is 0.395 e. The van der Waals surface area contributed by atoms with Crippen molar-refractivity contribution in [3.05, 3.63) is 65.7 Å². The van der Waals surface area contributed by atoms with Gasteiger partial charge in [0.2, 0.25) is 0 Å². The SMILES string of the molecule is CC(C)(c1ccccc1)C(Cc1cccc(S(C)(=O)=O)c1)NCCO. The third kappa shape index (κ3) is 5.14. The fourth-order valence-corrected chi connectivity index (χ4v) is 3.72. The van der Waals surface area contributed by atoms with Crippen molar-refractivity contribution in [2.75, 3.05) is 19.4 Å². The fraction of sp³-hybridized carbons (Fsp3) is 0.400. The van der Waals surface area contributed by atoms with E-state index >= 15 is 0 Å². The molecule has 0 heterocycles. The van der Waals surface area contributed by atoms with Crippen LogP contribution in [0.3, 0.4) is 0 Å². The zero-order chi connectivity index (χ0) is 18.5. The normalized spacial score (nSPS) is 13.6. The van der Waals surface area contributed by atoms with E-state index in [1.54, 1.807) is 18.2 Å². The Labute approximate surface area is 150 Å². The highest BCUT2D eigenvalue weighted by Crippen LogP contribution is 2.29. The second-order valence-corrected chi connectivity index (χ2v) is 8.96. The van der Waals surface area contributed by atoms with E-state index in [4.69, 9.17) is 0 Å². The Balaban J connectivity index is 2.32. The van der Waals surface area contributed by atoms with Crippen molar-refractivity contribution < 1.29 is 13.5 Å². The standard InChI is InChI=1S/C20H27NO3S/c1-20(2,17-9-5-4-6-10-17)19(21-12-13-22)15-16-8-7-11-18(14-16)25(3,23)24/h4-11,14,19,21-22H,12-13,15H2,1-3H3. The fourth-order valence-electron chi connectivity index (χ4n) is 3.03. The van der Waals surface area contributed by atoms with Crippen LogP contribution >= 0.6 is 0 Å². The molecule has 1 unspecified atom stereocenters. The summed E-state index contributed by atoms with van der Waals surface area (Å²) in [7, 11) is -3.23. The summed E-state index contributed by atoms with van der Waals surface area (Å²) in [5.41, 5.74) is 1.98. The summed E-state index contributed by atoms with van der Waals surface area (Å²) in [5.74, 6) is 0. The van der Waals surface area contributed by atoms with Gasteiger partial charge in [0.1, 0.15) is 0 Å². The lowest BCUT2D eigenvalue weighted by Gasteiger charge is -2.36. The molecule has 0 aliphatic heterocycles. The molecule has 1 atom stereocenters. The zero-order valence-electron chi connectivity index (χ0n) is 15.1. The molecule has 2 aromatic carbocycles. The Morgan fingerprint density at radius 2 is 1.76 bits per heavy atom. The number of benzene rings is 2. The summed E-state index contributed by atoms with van der Waals surface area (Å²) in [5, 5.41) is 12.6. The van der Waals surface area contributed by atoms with Gasteiger partial charge in [-0.05, 0) is 29.7 Å². The minimum absolute atomic E-state index is 0.0526. The van der Waals surface area contributed by atoms with Gasteiger partial charge in [-0.3, -0.25) is 0 Å². The minimum atomic E-state index is -3.23. The van der Waals surface area contributed by atoms with Crippen LogP contribution in [0.5, 0.6) is 0 Å². The van der Waals surface area contributed by atoms with Gasteiger partial charge in [-0.15, -0.1) is 0 Å². The molecule has 0 bridgehead atoms. The van der Waals surface area contributed by atoms with Gasteiger partial charge in [-0.25, -0.2) is 8.42 Å². The highest BCUT2D eigenvalue weighted by atomic mass is 32.2. The van der Waals surface area contributed by atoms with Gasteiger partial charge in [0, 0.05) is 24.3 Å². The number of nitrogens with one attached hydrogen (secondary N) is 1. The number of hydrogen-bond acceptors (Lipinski definition) is 4. The van der Waals surface area contributed by atoms with E-state index < -0.39 is 9.84 Å². The summed E-state index contributed by atoms with van der Waals surface area (Å²) in [4.78, 5) is 0.337. The van der Waals surface area contributed by atoms with Crippen molar-refractivity contribution >= 4 is 9.84 Å². The van der Waals surface area contributed by atoms with Crippen LogP contribution in [0.2, 0.25) is 0 Å². The van der Waals surface area contributed by atoms with E-state index in [1.165, 1.54) is 11.8 Å². The van der Waals surface area contributed by atoms with E-state index in [-0.39, 0.29) is 18.1 Å². The number of sulfone groups is 1. The molecule has 0 amide bonds. The summed E-state index contributed by atoms with van der Waals surface area (Å²) in [6, 6.07) is 17.4. The quantitative estimate of drug-likeness (QED) is 0.758. The maximum absolute atomic E-state index is 11.8. The van der Waals surface area contributed by atoms with E-state index in [0.717, 1.165) is 5.56 Å². The predicted octanol–water partition coefficient (Wildman–Crippen LogP) is 2.56. The first kappa shape index (κ1) is 19.6. The van der Waals surface area contributed by atoms with Crippen LogP contribution in [-0.4, -0.2) is 39.0 Å². The second kappa shape index (κ2) is 8.13. The van der Waals surface area contributed by atoms with Crippen molar-refractivity contribution in [3.63, 3.8) is 0 Å². The molecule has 2 aromatic rings. The average Bonchev–Trinajstić information content (AvgIpc) is 2.58. The van der Waals surface area contributed by atoms with Gasteiger partial charge in [0.15, 0.2) is 9.84 Å². The van der Waals surface area contributed by atoms with Crippen LogP contribution in [0, 0.1) is 0 Å². The molecule has 136 valence electrons. The maximum Gasteiger partial charge on any atom is 0.175 e. The monoisotopic (exact) mass is 361 g/mol. The first-order valence-corrected chi connectivity index (χ1v) is 10.3. The molecular weight excluding hydrogens is 334 g/mol. The van der Waals surface area contributed by atoms with Crippen LogP contribution in [0.25, 0.3) is 0 Å². The van der Waals surface area contributed by atoms with Gasteiger partial charge < -0.3 is 10.4 Å². The lowest BCUT2D eigenvalue weighted by molar-refractivity contribution is 0.261. The minimum Gasteiger partial charge on any atom is -0.395 e. The Morgan fingerprint density at radius 1 is 1.08 bits per heavy atom. The summed E-state index contributed by atoms with van der Waals surface area (Å²) in [6.45, 7) is 4.88. The Bertz CT molecular complexity index is 786. The highest BCUT2D eigenvalue weighted by molar-refractivity contribution is 7.90. The third-order valence-corrected chi connectivity index (χ3v) is 5.77. The molecule has 2 N–H and O–H groups in total.